The first kappa shape index (κ1) is 14.9. The van der Waals surface area contributed by atoms with E-state index in [0.29, 0.717) is 11.4 Å². The average Bonchev–Trinajstić information content (AvgIpc) is 2.51. The lowest BCUT2D eigenvalue weighted by atomic mass is 10.1. The summed E-state index contributed by atoms with van der Waals surface area (Å²) < 4.78 is 10.5. The summed E-state index contributed by atoms with van der Waals surface area (Å²) in [6.45, 7) is 4.15. The number of hydrogen-bond acceptors (Lipinski definition) is 3. The second-order valence-corrected chi connectivity index (χ2v) is 4.77. The van der Waals surface area contributed by atoms with Crippen molar-refractivity contribution >= 4 is 11.8 Å². The molecule has 0 heterocycles. The smallest absolute Gasteiger partial charge is 0.412 e. The largest absolute Gasteiger partial charge is 0.495 e. The van der Waals surface area contributed by atoms with Gasteiger partial charge in [0, 0.05) is 0 Å². The molecular formula is C17H19NO3. The summed E-state index contributed by atoms with van der Waals surface area (Å²) in [5, 5.41) is 2.75. The first-order chi connectivity index (χ1) is 10.1. The van der Waals surface area contributed by atoms with Crippen molar-refractivity contribution in [2.45, 2.75) is 20.5 Å². The number of ether oxygens (including phenoxy) is 2. The maximum Gasteiger partial charge on any atom is 0.412 e. The zero-order valence-electron chi connectivity index (χ0n) is 12.5. The molecule has 0 saturated heterocycles. The van der Waals surface area contributed by atoms with Crippen LogP contribution in [0.25, 0.3) is 0 Å². The topological polar surface area (TPSA) is 47.6 Å². The third-order valence-electron chi connectivity index (χ3n) is 3.36. The number of carbonyl (C=O) groups is 1. The molecule has 0 bridgehead atoms. The Morgan fingerprint density at radius 1 is 1.10 bits per heavy atom. The summed E-state index contributed by atoms with van der Waals surface area (Å²) in [7, 11) is 1.57. The van der Waals surface area contributed by atoms with E-state index in [2.05, 4.69) is 5.32 Å². The fraction of sp³-hybridized carbons (Fsp3) is 0.235. The third kappa shape index (κ3) is 3.75. The number of hydrogen-bond donors (Lipinski definition) is 1. The first-order valence-electron chi connectivity index (χ1n) is 6.73. The Bertz CT molecular complexity index is 623. The summed E-state index contributed by atoms with van der Waals surface area (Å²) >= 11 is 0. The van der Waals surface area contributed by atoms with E-state index in [1.807, 2.05) is 56.3 Å². The summed E-state index contributed by atoms with van der Waals surface area (Å²) in [5.41, 5.74) is 3.64. The molecule has 2 aromatic carbocycles. The molecule has 4 nitrogen and oxygen atoms in total. The van der Waals surface area contributed by atoms with Gasteiger partial charge in [-0.1, -0.05) is 36.4 Å². The van der Waals surface area contributed by atoms with E-state index in [1.54, 1.807) is 7.11 Å². The van der Waals surface area contributed by atoms with Crippen molar-refractivity contribution in [3.63, 3.8) is 0 Å². The van der Waals surface area contributed by atoms with Gasteiger partial charge in [0.25, 0.3) is 0 Å². The fourth-order valence-electron chi connectivity index (χ4n) is 1.98. The summed E-state index contributed by atoms with van der Waals surface area (Å²) in [4.78, 5) is 11.9. The highest BCUT2D eigenvalue weighted by molar-refractivity contribution is 5.88. The van der Waals surface area contributed by atoms with E-state index < -0.39 is 6.09 Å². The molecule has 2 aromatic rings. The van der Waals surface area contributed by atoms with Crippen molar-refractivity contribution in [1.29, 1.82) is 0 Å². The van der Waals surface area contributed by atoms with Crippen molar-refractivity contribution in [3.8, 4) is 5.75 Å². The highest BCUT2D eigenvalue weighted by atomic mass is 16.5. The molecule has 21 heavy (non-hydrogen) atoms. The molecule has 0 saturated carbocycles. The van der Waals surface area contributed by atoms with Crippen LogP contribution in [0.15, 0.2) is 42.5 Å². The molecule has 0 atom stereocenters. The minimum absolute atomic E-state index is 0.236. The Balaban J connectivity index is 2.04. The molecule has 1 N–H and O–H groups in total. The van der Waals surface area contributed by atoms with Gasteiger partial charge in [-0.2, -0.15) is 0 Å². The van der Waals surface area contributed by atoms with Crippen LogP contribution in [0, 0.1) is 13.8 Å². The molecule has 0 spiro atoms. The maximum absolute atomic E-state index is 11.9. The second kappa shape index (κ2) is 6.79. The number of aryl methyl sites for hydroxylation is 1. The molecule has 0 unspecified atom stereocenters. The van der Waals surface area contributed by atoms with Gasteiger partial charge in [-0.15, -0.1) is 0 Å². The molecular weight excluding hydrogens is 266 g/mol. The minimum atomic E-state index is -0.495. The van der Waals surface area contributed by atoms with Crippen LogP contribution in [-0.4, -0.2) is 13.2 Å². The zero-order chi connectivity index (χ0) is 15.2. The minimum Gasteiger partial charge on any atom is -0.495 e. The number of rotatable bonds is 4. The third-order valence-corrected chi connectivity index (χ3v) is 3.36. The van der Waals surface area contributed by atoms with Crippen LogP contribution >= 0.6 is 0 Å². The van der Waals surface area contributed by atoms with E-state index >= 15 is 0 Å². The molecule has 1 amide bonds. The van der Waals surface area contributed by atoms with E-state index in [-0.39, 0.29) is 6.61 Å². The van der Waals surface area contributed by atoms with Crippen molar-refractivity contribution in [2.75, 3.05) is 12.4 Å². The maximum atomic E-state index is 11.9. The SMILES string of the molecule is COc1ccc(C)c(C)c1NC(=O)OCc1ccccc1. The van der Waals surface area contributed by atoms with Crippen LogP contribution in [-0.2, 0) is 11.3 Å². The van der Waals surface area contributed by atoms with Crippen LogP contribution in [0.1, 0.15) is 16.7 Å². The summed E-state index contributed by atoms with van der Waals surface area (Å²) in [5.74, 6) is 0.620. The Kier molecular flexibility index (Phi) is 4.82. The molecule has 0 radical (unpaired) electrons. The number of anilines is 1. The quantitative estimate of drug-likeness (QED) is 0.921. The highest BCUT2D eigenvalue weighted by Gasteiger charge is 2.12. The van der Waals surface area contributed by atoms with Crippen LogP contribution in [0.4, 0.5) is 10.5 Å². The van der Waals surface area contributed by atoms with Crippen LogP contribution in [0.3, 0.4) is 0 Å². The van der Waals surface area contributed by atoms with Crippen LogP contribution < -0.4 is 10.1 Å². The van der Waals surface area contributed by atoms with E-state index in [0.717, 1.165) is 16.7 Å². The molecule has 0 aliphatic rings. The van der Waals surface area contributed by atoms with Gasteiger partial charge in [-0.3, -0.25) is 5.32 Å². The molecule has 0 aromatic heterocycles. The summed E-state index contributed by atoms with van der Waals surface area (Å²) in [6, 6.07) is 13.3. The lowest BCUT2D eigenvalue weighted by molar-refractivity contribution is 0.155. The molecule has 2 rings (SSSR count). The van der Waals surface area contributed by atoms with E-state index in [9.17, 15) is 4.79 Å². The Morgan fingerprint density at radius 2 is 1.81 bits per heavy atom. The van der Waals surface area contributed by atoms with Gasteiger partial charge < -0.3 is 9.47 Å². The normalized spacial score (nSPS) is 10.0. The van der Waals surface area contributed by atoms with Gasteiger partial charge in [0.2, 0.25) is 0 Å². The Labute approximate surface area is 124 Å². The first-order valence-corrected chi connectivity index (χ1v) is 6.73. The monoisotopic (exact) mass is 285 g/mol. The van der Waals surface area contributed by atoms with Gasteiger partial charge in [0.1, 0.15) is 12.4 Å². The van der Waals surface area contributed by atoms with Gasteiger partial charge in [0.05, 0.1) is 12.8 Å². The number of carbonyl (C=O) groups excluding carboxylic acids is 1. The van der Waals surface area contributed by atoms with Gasteiger partial charge >= 0.3 is 6.09 Å². The van der Waals surface area contributed by atoms with Crippen LogP contribution in [0.2, 0.25) is 0 Å². The van der Waals surface area contributed by atoms with Crippen molar-refractivity contribution < 1.29 is 14.3 Å². The molecule has 0 fully saturated rings. The second-order valence-electron chi connectivity index (χ2n) is 4.77. The van der Waals surface area contributed by atoms with Gasteiger partial charge in [0.15, 0.2) is 0 Å². The predicted molar refractivity (Wildman–Crippen MR) is 82.7 cm³/mol. The van der Waals surface area contributed by atoms with E-state index in [1.165, 1.54) is 0 Å². The lowest BCUT2D eigenvalue weighted by Gasteiger charge is -2.14. The average molecular weight is 285 g/mol. The molecule has 4 heteroatoms. The number of benzene rings is 2. The lowest BCUT2D eigenvalue weighted by Crippen LogP contribution is -2.15. The molecule has 0 aliphatic carbocycles. The van der Waals surface area contributed by atoms with Crippen LogP contribution in [0.5, 0.6) is 5.75 Å². The number of amides is 1. The van der Waals surface area contributed by atoms with Crippen molar-refractivity contribution in [3.05, 3.63) is 59.2 Å². The molecule has 110 valence electrons. The van der Waals surface area contributed by atoms with E-state index in [4.69, 9.17) is 9.47 Å². The van der Waals surface area contributed by atoms with Gasteiger partial charge in [-0.05, 0) is 36.6 Å². The Hall–Kier alpha value is -2.49. The number of methoxy groups -OCH3 is 1. The highest BCUT2D eigenvalue weighted by Crippen LogP contribution is 2.30. The predicted octanol–water partition coefficient (Wildman–Crippen LogP) is 4.06. The fourth-order valence-corrected chi connectivity index (χ4v) is 1.98. The summed E-state index contributed by atoms with van der Waals surface area (Å²) in [6.07, 6.45) is -0.495. The van der Waals surface area contributed by atoms with Crippen molar-refractivity contribution in [1.82, 2.24) is 0 Å². The zero-order valence-corrected chi connectivity index (χ0v) is 12.5. The number of nitrogens with one attached hydrogen (secondary N) is 1. The standard InChI is InChI=1S/C17H19NO3/c1-12-9-10-15(20-3)16(13(12)2)18-17(19)21-11-14-7-5-4-6-8-14/h4-10H,11H2,1-3H3,(H,18,19). The van der Waals surface area contributed by atoms with Gasteiger partial charge in [-0.25, -0.2) is 4.79 Å². The Morgan fingerprint density at radius 3 is 2.48 bits per heavy atom. The molecule has 0 aliphatic heterocycles. The van der Waals surface area contributed by atoms with Crippen molar-refractivity contribution in [2.24, 2.45) is 0 Å².